The normalized spacial score (nSPS) is 15.0. The minimum atomic E-state index is -0.0929. The van der Waals surface area contributed by atoms with Crippen molar-refractivity contribution in [2.24, 2.45) is 0 Å². The van der Waals surface area contributed by atoms with Gasteiger partial charge in [0.25, 0.3) is 0 Å². The molecule has 0 bridgehead atoms. The van der Waals surface area contributed by atoms with Gasteiger partial charge in [0, 0.05) is 49.0 Å². The predicted molar refractivity (Wildman–Crippen MR) is 120 cm³/mol. The average Bonchev–Trinajstić information content (AvgIpc) is 3.38. The summed E-state index contributed by atoms with van der Waals surface area (Å²) < 4.78 is 13.5. The molecule has 6 nitrogen and oxygen atoms in total. The zero-order valence-corrected chi connectivity index (χ0v) is 18.1. The molecule has 1 atom stereocenters. The lowest BCUT2D eigenvalue weighted by Crippen LogP contribution is -2.23. The fourth-order valence-electron chi connectivity index (χ4n) is 3.67. The fourth-order valence-corrected chi connectivity index (χ4v) is 3.67. The molecule has 0 spiro atoms. The van der Waals surface area contributed by atoms with E-state index in [1.54, 1.807) is 30.3 Å². The number of para-hydroxylation sites is 1. The lowest BCUT2D eigenvalue weighted by molar-refractivity contribution is -0.125. The number of hydrogen-bond acceptors (Lipinski definition) is 4. The Balaban J connectivity index is 1.45. The molecule has 1 aliphatic rings. The number of likely N-dealkylation sites (N-methyl/N-ethyl adjacent to an activating group) is 1. The second kappa shape index (κ2) is 9.08. The van der Waals surface area contributed by atoms with Gasteiger partial charge in [-0.15, -0.1) is 0 Å². The van der Waals surface area contributed by atoms with Crippen molar-refractivity contribution in [2.75, 3.05) is 13.7 Å². The highest BCUT2D eigenvalue weighted by molar-refractivity contribution is 5.92. The van der Waals surface area contributed by atoms with E-state index < -0.39 is 0 Å². The summed E-state index contributed by atoms with van der Waals surface area (Å²) >= 11 is 0. The largest absolute Gasteiger partial charge is 0.493 e. The Morgan fingerprint density at radius 3 is 2.90 bits per heavy atom. The predicted octanol–water partition coefficient (Wildman–Crippen LogP) is 4.27. The van der Waals surface area contributed by atoms with Gasteiger partial charge < -0.3 is 14.4 Å². The van der Waals surface area contributed by atoms with Crippen LogP contribution in [0, 0.1) is 0 Å². The summed E-state index contributed by atoms with van der Waals surface area (Å²) in [5.74, 6) is 1.55. The van der Waals surface area contributed by atoms with Gasteiger partial charge >= 0.3 is 0 Å². The van der Waals surface area contributed by atoms with Gasteiger partial charge in [0.2, 0.25) is 5.91 Å². The lowest BCUT2D eigenvalue weighted by atomic mass is 10.1. The number of hydrogen-bond donors (Lipinski definition) is 0. The van der Waals surface area contributed by atoms with E-state index >= 15 is 0 Å². The van der Waals surface area contributed by atoms with Crippen molar-refractivity contribution in [2.45, 2.75) is 32.9 Å². The molecule has 0 saturated carbocycles. The highest BCUT2D eigenvalue weighted by Crippen LogP contribution is 2.35. The van der Waals surface area contributed by atoms with Crippen molar-refractivity contribution in [3.63, 3.8) is 0 Å². The van der Waals surface area contributed by atoms with Gasteiger partial charge in [-0.25, -0.2) is 4.68 Å². The number of carbonyl (C=O) groups is 1. The molecule has 6 heteroatoms. The minimum absolute atomic E-state index is 0.0929. The maximum absolute atomic E-state index is 12.7. The summed E-state index contributed by atoms with van der Waals surface area (Å²) in [5, 5.41) is 4.39. The third-order valence-corrected chi connectivity index (χ3v) is 5.19. The van der Waals surface area contributed by atoms with E-state index in [1.807, 2.05) is 67.2 Å². The second-order valence-corrected chi connectivity index (χ2v) is 7.72. The molecule has 1 aromatic heterocycles. The van der Waals surface area contributed by atoms with Gasteiger partial charge in [-0.3, -0.25) is 4.79 Å². The molecule has 2 heterocycles. The summed E-state index contributed by atoms with van der Waals surface area (Å²) in [4.78, 5) is 14.4. The molecular formula is C25H27N3O3. The Kier molecular flexibility index (Phi) is 6.07. The monoisotopic (exact) mass is 417 g/mol. The van der Waals surface area contributed by atoms with E-state index in [1.165, 1.54) is 0 Å². The number of rotatable bonds is 7. The average molecular weight is 418 g/mol. The van der Waals surface area contributed by atoms with Crippen LogP contribution < -0.4 is 9.47 Å². The molecule has 0 unspecified atom stereocenters. The standard InChI is InChI=1S/C25H27N3O3/c1-4-30-23-14-21-12-18(2)31-24(21)13-20(23)10-11-25(29)27(3)16-19-15-26-28(17-19)22-8-6-5-7-9-22/h5-11,13-15,17-18H,4,12,16H2,1-3H3/b11-10+/t18-/m0/s1. The van der Waals surface area contributed by atoms with Crippen LogP contribution in [0.5, 0.6) is 11.5 Å². The van der Waals surface area contributed by atoms with Crippen LogP contribution in [-0.4, -0.2) is 40.3 Å². The van der Waals surface area contributed by atoms with Crippen LogP contribution in [0.1, 0.15) is 30.5 Å². The van der Waals surface area contributed by atoms with Crippen molar-refractivity contribution < 1.29 is 14.3 Å². The number of amides is 1. The Morgan fingerprint density at radius 2 is 2.13 bits per heavy atom. The Bertz CT molecular complexity index is 1090. The topological polar surface area (TPSA) is 56.6 Å². The zero-order chi connectivity index (χ0) is 21.8. The van der Waals surface area contributed by atoms with E-state index in [0.717, 1.165) is 40.3 Å². The maximum Gasteiger partial charge on any atom is 0.246 e. The van der Waals surface area contributed by atoms with Crippen molar-refractivity contribution in [1.29, 1.82) is 0 Å². The maximum atomic E-state index is 12.7. The summed E-state index contributed by atoms with van der Waals surface area (Å²) in [6.45, 7) is 5.04. The fraction of sp³-hybridized carbons (Fsp3) is 0.280. The smallest absolute Gasteiger partial charge is 0.246 e. The van der Waals surface area contributed by atoms with E-state index in [-0.39, 0.29) is 12.0 Å². The summed E-state index contributed by atoms with van der Waals surface area (Å²) in [6, 6.07) is 13.9. The van der Waals surface area contributed by atoms with Gasteiger partial charge in [0.05, 0.1) is 18.5 Å². The molecule has 0 radical (unpaired) electrons. The van der Waals surface area contributed by atoms with Gasteiger partial charge in [-0.2, -0.15) is 5.10 Å². The Morgan fingerprint density at radius 1 is 1.32 bits per heavy atom. The molecular weight excluding hydrogens is 390 g/mol. The van der Waals surface area contributed by atoms with Crippen LogP contribution in [0.3, 0.4) is 0 Å². The van der Waals surface area contributed by atoms with Crippen molar-refractivity contribution >= 4 is 12.0 Å². The molecule has 3 aromatic rings. The van der Waals surface area contributed by atoms with E-state index in [9.17, 15) is 4.79 Å². The van der Waals surface area contributed by atoms with Crippen LogP contribution in [-0.2, 0) is 17.8 Å². The summed E-state index contributed by atoms with van der Waals surface area (Å²) in [5.41, 5.74) is 3.93. The molecule has 0 fully saturated rings. The highest BCUT2D eigenvalue weighted by atomic mass is 16.5. The number of ether oxygens (including phenoxy) is 2. The van der Waals surface area contributed by atoms with E-state index in [4.69, 9.17) is 9.47 Å². The van der Waals surface area contributed by atoms with Crippen LogP contribution in [0.4, 0.5) is 0 Å². The van der Waals surface area contributed by atoms with Crippen molar-refractivity contribution in [3.8, 4) is 17.2 Å². The highest BCUT2D eigenvalue weighted by Gasteiger charge is 2.21. The number of carbonyl (C=O) groups excluding carboxylic acids is 1. The van der Waals surface area contributed by atoms with E-state index in [0.29, 0.717) is 13.2 Å². The quantitative estimate of drug-likeness (QED) is 0.539. The first-order valence-corrected chi connectivity index (χ1v) is 10.5. The number of aromatic nitrogens is 2. The minimum Gasteiger partial charge on any atom is -0.493 e. The Hall–Kier alpha value is -3.54. The number of fused-ring (bicyclic) bond motifs is 1. The first kappa shape index (κ1) is 20.7. The molecule has 4 rings (SSSR count). The van der Waals surface area contributed by atoms with Gasteiger partial charge in [0.1, 0.15) is 17.6 Å². The molecule has 0 N–H and O–H groups in total. The SMILES string of the molecule is CCOc1cc2c(cc1/C=C/C(=O)N(C)Cc1cnn(-c3ccccc3)c1)O[C@@H](C)C2. The Labute approximate surface area is 182 Å². The molecule has 2 aromatic carbocycles. The van der Waals surface area contributed by atoms with Gasteiger partial charge in [0.15, 0.2) is 0 Å². The zero-order valence-electron chi connectivity index (χ0n) is 18.1. The molecule has 160 valence electrons. The lowest BCUT2D eigenvalue weighted by Gasteiger charge is -2.14. The number of nitrogens with zero attached hydrogens (tertiary/aromatic N) is 3. The first-order chi connectivity index (χ1) is 15.0. The summed E-state index contributed by atoms with van der Waals surface area (Å²) in [7, 11) is 1.78. The van der Waals surface area contributed by atoms with Crippen LogP contribution in [0.15, 0.2) is 60.9 Å². The van der Waals surface area contributed by atoms with Crippen LogP contribution >= 0.6 is 0 Å². The van der Waals surface area contributed by atoms with Crippen molar-refractivity contribution in [1.82, 2.24) is 14.7 Å². The van der Waals surface area contributed by atoms with Crippen LogP contribution in [0.25, 0.3) is 11.8 Å². The molecule has 0 aliphatic carbocycles. The third kappa shape index (κ3) is 4.79. The molecule has 1 amide bonds. The van der Waals surface area contributed by atoms with E-state index in [2.05, 4.69) is 5.10 Å². The summed E-state index contributed by atoms with van der Waals surface area (Å²) in [6.07, 6.45) is 8.13. The molecule has 0 saturated heterocycles. The third-order valence-electron chi connectivity index (χ3n) is 5.19. The van der Waals surface area contributed by atoms with Gasteiger partial charge in [-0.05, 0) is 44.2 Å². The first-order valence-electron chi connectivity index (χ1n) is 10.5. The second-order valence-electron chi connectivity index (χ2n) is 7.72. The van der Waals surface area contributed by atoms with Crippen LogP contribution in [0.2, 0.25) is 0 Å². The molecule has 31 heavy (non-hydrogen) atoms. The molecule has 1 aliphatic heterocycles. The van der Waals surface area contributed by atoms with Crippen molar-refractivity contribution in [3.05, 3.63) is 77.6 Å². The van der Waals surface area contributed by atoms with Gasteiger partial charge in [-0.1, -0.05) is 18.2 Å². The number of benzene rings is 2.